The van der Waals surface area contributed by atoms with E-state index in [0.29, 0.717) is 12.4 Å². The van der Waals surface area contributed by atoms with Gasteiger partial charge in [-0.3, -0.25) is 4.72 Å². The Kier molecular flexibility index (Phi) is 6.01. The second-order valence-electron chi connectivity index (χ2n) is 1.13. The highest BCUT2D eigenvalue weighted by Crippen LogP contribution is 2.36. The highest BCUT2D eigenvalue weighted by molar-refractivity contribution is 8.02. The summed E-state index contributed by atoms with van der Waals surface area (Å²) in [6, 6.07) is 0. The molecule has 0 aromatic rings. The Morgan fingerprint density at radius 3 is 2.22 bits per heavy atom. The molecule has 0 heterocycles. The molecular formula is C3H5Cl4NS. The van der Waals surface area contributed by atoms with E-state index in [1.165, 1.54) is 0 Å². The number of hydrogen-bond donors (Lipinski definition) is 1. The molecule has 0 aliphatic rings. The van der Waals surface area contributed by atoms with Crippen molar-refractivity contribution in [3.05, 3.63) is 0 Å². The lowest BCUT2D eigenvalue weighted by atomic mass is 10.8. The molecular weight excluding hydrogens is 224 g/mol. The molecule has 0 saturated carbocycles. The Morgan fingerprint density at radius 2 is 1.89 bits per heavy atom. The van der Waals surface area contributed by atoms with Crippen LogP contribution in [0.5, 0.6) is 0 Å². The molecule has 1 nitrogen and oxygen atoms in total. The van der Waals surface area contributed by atoms with Crippen molar-refractivity contribution >= 4 is 58.4 Å². The normalized spacial score (nSPS) is 12.0. The molecule has 56 valence electrons. The molecule has 0 amide bonds. The van der Waals surface area contributed by atoms with Crippen molar-refractivity contribution in [3.8, 4) is 0 Å². The van der Waals surface area contributed by atoms with E-state index in [-0.39, 0.29) is 0 Å². The minimum atomic E-state index is -1.29. The number of halogens is 4. The third-order valence-electron chi connectivity index (χ3n) is 0.384. The zero-order chi connectivity index (χ0) is 7.33. The molecule has 0 aromatic carbocycles. The first-order chi connectivity index (χ1) is 4.06. The van der Waals surface area contributed by atoms with E-state index in [4.69, 9.17) is 46.4 Å². The molecule has 0 radical (unpaired) electrons. The molecule has 0 saturated heterocycles. The summed E-state index contributed by atoms with van der Waals surface area (Å²) in [5.74, 6) is 0.508. The first-order valence-corrected chi connectivity index (χ1v) is 4.58. The Morgan fingerprint density at radius 1 is 1.33 bits per heavy atom. The molecule has 0 fully saturated rings. The van der Waals surface area contributed by atoms with Crippen molar-refractivity contribution in [2.45, 2.75) is 3.12 Å². The molecule has 0 aliphatic carbocycles. The number of nitrogens with one attached hydrogen (secondary N) is 1. The summed E-state index contributed by atoms with van der Waals surface area (Å²) in [4.78, 5) is 0. The second-order valence-corrected chi connectivity index (χ2v) is 5.57. The molecule has 0 aromatic heterocycles. The van der Waals surface area contributed by atoms with Crippen LogP contribution in [0.4, 0.5) is 0 Å². The van der Waals surface area contributed by atoms with Crippen LogP contribution < -0.4 is 4.72 Å². The maximum absolute atomic E-state index is 5.36. The van der Waals surface area contributed by atoms with Crippen LogP contribution in [-0.2, 0) is 0 Å². The Bertz CT molecular complexity index is 72.7. The molecule has 0 atom stereocenters. The lowest BCUT2D eigenvalue weighted by molar-refractivity contribution is 1.04. The van der Waals surface area contributed by atoms with Gasteiger partial charge in [0.25, 0.3) is 3.12 Å². The zero-order valence-corrected chi connectivity index (χ0v) is 8.17. The first-order valence-electron chi connectivity index (χ1n) is 2.10. The van der Waals surface area contributed by atoms with Crippen LogP contribution in [-0.4, -0.2) is 15.5 Å². The second kappa shape index (κ2) is 5.16. The average molecular weight is 229 g/mol. The minimum Gasteiger partial charge on any atom is -0.259 e. The molecule has 0 aliphatic heterocycles. The Hall–Kier alpha value is 1.47. The van der Waals surface area contributed by atoms with E-state index in [0.717, 1.165) is 11.9 Å². The summed E-state index contributed by atoms with van der Waals surface area (Å²) >= 11 is 22.4. The van der Waals surface area contributed by atoms with Gasteiger partial charge in [0.1, 0.15) is 0 Å². The van der Waals surface area contributed by atoms with Gasteiger partial charge in [-0.25, -0.2) is 0 Å². The van der Waals surface area contributed by atoms with Crippen LogP contribution in [0.15, 0.2) is 0 Å². The van der Waals surface area contributed by atoms with Crippen LogP contribution in [0, 0.1) is 0 Å². The topological polar surface area (TPSA) is 12.0 Å². The van der Waals surface area contributed by atoms with Gasteiger partial charge in [0, 0.05) is 12.4 Å². The Labute approximate surface area is 78.5 Å². The molecule has 9 heavy (non-hydrogen) atoms. The van der Waals surface area contributed by atoms with E-state index in [1.54, 1.807) is 0 Å². The SMILES string of the molecule is ClCCNSC(Cl)(Cl)Cl. The summed E-state index contributed by atoms with van der Waals surface area (Å²) < 4.78 is 1.48. The van der Waals surface area contributed by atoms with Crippen LogP contribution >= 0.6 is 58.4 Å². The third-order valence-corrected chi connectivity index (χ3v) is 1.85. The highest BCUT2D eigenvalue weighted by Gasteiger charge is 2.19. The minimum absolute atomic E-state index is 0.508. The molecule has 0 bridgehead atoms. The fraction of sp³-hybridized carbons (Fsp3) is 1.00. The van der Waals surface area contributed by atoms with Crippen molar-refractivity contribution in [2.75, 3.05) is 12.4 Å². The molecule has 0 rings (SSSR count). The molecule has 0 unspecified atom stereocenters. The van der Waals surface area contributed by atoms with E-state index in [1.807, 2.05) is 0 Å². The van der Waals surface area contributed by atoms with Crippen LogP contribution in [0.2, 0.25) is 0 Å². The van der Waals surface area contributed by atoms with Crippen LogP contribution in [0.3, 0.4) is 0 Å². The standard InChI is InChI=1S/C3H5Cl4NS/c4-1-2-8-9-3(5,6)7/h8H,1-2H2. The highest BCUT2D eigenvalue weighted by atomic mass is 35.6. The van der Waals surface area contributed by atoms with E-state index >= 15 is 0 Å². The van der Waals surface area contributed by atoms with Gasteiger partial charge in [0.15, 0.2) is 0 Å². The number of rotatable bonds is 3. The summed E-state index contributed by atoms with van der Waals surface area (Å²) in [5, 5.41) is 0. The summed E-state index contributed by atoms with van der Waals surface area (Å²) in [6.07, 6.45) is 0. The predicted octanol–water partition coefficient (Wildman–Crippen LogP) is 2.79. The van der Waals surface area contributed by atoms with Gasteiger partial charge in [-0.05, 0) is 11.9 Å². The molecule has 6 heteroatoms. The van der Waals surface area contributed by atoms with Gasteiger partial charge in [-0.2, -0.15) is 0 Å². The fourth-order valence-electron chi connectivity index (χ4n) is 0.171. The van der Waals surface area contributed by atoms with Gasteiger partial charge in [0.2, 0.25) is 0 Å². The van der Waals surface area contributed by atoms with Gasteiger partial charge in [0.05, 0.1) is 0 Å². The van der Waals surface area contributed by atoms with E-state index in [2.05, 4.69) is 4.72 Å². The quantitative estimate of drug-likeness (QED) is 0.453. The summed E-state index contributed by atoms with van der Waals surface area (Å²) in [7, 11) is 0. The smallest absolute Gasteiger partial charge is 0.251 e. The maximum Gasteiger partial charge on any atom is 0.251 e. The van der Waals surface area contributed by atoms with E-state index < -0.39 is 3.12 Å². The lowest BCUT2D eigenvalue weighted by Crippen LogP contribution is -2.12. The maximum atomic E-state index is 5.36. The summed E-state index contributed by atoms with van der Waals surface area (Å²) in [5.41, 5.74) is 0. The zero-order valence-electron chi connectivity index (χ0n) is 4.33. The van der Waals surface area contributed by atoms with Gasteiger partial charge in [-0.1, -0.05) is 34.8 Å². The lowest BCUT2D eigenvalue weighted by Gasteiger charge is -2.08. The van der Waals surface area contributed by atoms with Crippen molar-refractivity contribution in [2.24, 2.45) is 0 Å². The van der Waals surface area contributed by atoms with E-state index in [9.17, 15) is 0 Å². The Balaban J connectivity index is 3.07. The predicted molar refractivity (Wildman–Crippen MR) is 46.6 cm³/mol. The average Bonchev–Trinajstić information content (AvgIpc) is 1.63. The van der Waals surface area contributed by atoms with Crippen molar-refractivity contribution in [1.82, 2.24) is 4.72 Å². The summed E-state index contributed by atoms with van der Waals surface area (Å²) in [6.45, 7) is 0.625. The number of hydrogen-bond acceptors (Lipinski definition) is 2. The largest absolute Gasteiger partial charge is 0.259 e. The third kappa shape index (κ3) is 9.47. The first kappa shape index (κ1) is 10.5. The van der Waals surface area contributed by atoms with Crippen molar-refractivity contribution < 1.29 is 0 Å². The van der Waals surface area contributed by atoms with Crippen LogP contribution in [0.1, 0.15) is 0 Å². The monoisotopic (exact) mass is 227 g/mol. The fourth-order valence-corrected chi connectivity index (χ4v) is 1.24. The molecule has 0 spiro atoms. The number of alkyl halides is 4. The van der Waals surface area contributed by atoms with Gasteiger partial charge in [-0.15, -0.1) is 11.6 Å². The van der Waals surface area contributed by atoms with Crippen molar-refractivity contribution in [3.63, 3.8) is 0 Å². The van der Waals surface area contributed by atoms with Crippen LogP contribution in [0.25, 0.3) is 0 Å². The molecule has 1 N–H and O–H groups in total. The van der Waals surface area contributed by atoms with Crippen molar-refractivity contribution in [1.29, 1.82) is 0 Å². The van der Waals surface area contributed by atoms with Gasteiger partial charge < -0.3 is 0 Å². The van der Waals surface area contributed by atoms with Gasteiger partial charge >= 0.3 is 0 Å².